The smallest absolute Gasteiger partial charge is 0.222 e. The van der Waals surface area contributed by atoms with Gasteiger partial charge in [-0.25, -0.2) is 4.98 Å². The van der Waals surface area contributed by atoms with E-state index >= 15 is 0 Å². The first-order valence-corrected chi connectivity index (χ1v) is 6.16. The van der Waals surface area contributed by atoms with Crippen molar-refractivity contribution in [3.05, 3.63) is 11.2 Å². The highest BCUT2D eigenvalue weighted by Gasteiger charge is 2.64. The lowest BCUT2D eigenvalue weighted by Crippen LogP contribution is -2.10. The number of nitrogens with two attached hydrogens (primary N) is 1. The summed E-state index contributed by atoms with van der Waals surface area (Å²) in [6.07, 6.45) is 1.52. The van der Waals surface area contributed by atoms with Crippen LogP contribution in [0.1, 0.15) is 27.7 Å². The van der Waals surface area contributed by atoms with Crippen LogP contribution in [0.5, 0.6) is 0 Å². The molecule has 1 aromatic rings. The highest BCUT2D eigenvalue weighted by atomic mass is 35.5. The molecule has 0 aliphatic heterocycles. The van der Waals surface area contributed by atoms with Crippen LogP contribution in [0, 0.1) is 16.7 Å². The molecular weight excluding hydrogens is 236 g/mol. The lowest BCUT2D eigenvalue weighted by atomic mass is 10.0. The average Bonchev–Trinajstić information content (AvgIpc) is 2.60. The van der Waals surface area contributed by atoms with Gasteiger partial charge in [0.1, 0.15) is 10.8 Å². The van der Waals surface area contributed by atoms with Gasteiger partial charge in [-0.2, -0.15) is 4.98 Å². The summed E-state index contributed by atoms with van der Waals surface area (Å²) in [4.78, 5) is 7.93. The van der Waals surface area contributed by atoms with Gasteiger partial charge in [-0.3, -0.25) is 0 Å². The predicted octanol–water partition coefficient (Wildman–Crippen LogP) is 2.81. The number of nitrogen functional groups attached to an aromatic ring is 1. The number of nitrogens with zero attached hydrogens (tertiary/aromatic N) is 2. The van der Waals surface area contributed by atoms with Crippen LogP contribution in [0.4, 0.5) is 11.8 Å². The van der Waals surface area contributed by atoms with Gasteiger partial charge in [-0.1, -0.05) is 39.3 Å². The van der Waals surface area contributed by atoms with E-state index in [1.165, 1.54) is 6.20 Å². The van der Waals surface area contributed by atoms with Crippen LogP contribution in [-0.4, -0.2) is 16.5 Å². The number of aromatic nitrogens is 2. The molecule has 4 nitrogen and oxygen atoms in total. The Kier molecular flexibility index (Phi) is 2.73. The molecular formula is C12H19ClN4. The van der Waals surface area contributed by atoms with Gasteiger partial charge >= 0.3 is 0 Å². The van der Waals surface area contributed by atoms with Gasteiger partial charge < -0.3 is 11.1 Å². The first-order valence-electron chi connectivity index (χ1n) is 5.78. The van der Waals surface area contributed by atoms with Gasteiger partial charge in [-0.05, 0) is 16.7 Å². The molecule has 1 fully saturated rings. The molecule has 1 aromatic heterocycles. The zero-order valence-corrected chi connectivity index (χ0v) is 11.5. The Hall–Kier alpha value is -1.03. The van der Waals surface area contributed by atoms with Gasteiger partial charge in [-0.15, -0.1) is 0 Å². The van der Waals surface area contributed by atoms with Crippen molar-refractivity contribution in [2.75, 3.05) is 17.6 Å². The summed E-state index contributed by atoms with van der Waals surface area (Å²) < 4.78 is 0. The standard InChI is InChI=1S/C12H19ClN4/c1-11(2)8(12(11,3)4)6-15-9-7(13)5-16-10(14)17-9/h5,8H,6H2,1-4H3,(H3,14,15,16,17). The first-order chi connectivity index (χ1) is 7.76. The van der Waals surface area contributed by atoms with Crippen molar-refractivity contribution in [3.8, 4) is 0 Å². The summed E-state index contributed by atoms with van der Waals surface area (Å²) in [5.74, 6) is 1.48. The van der Waals surface area contributed by atoms with E-state index in [1.54, 1.807) is 0 Å². The third-order valence-electron chi connectivity index (χ3n) is 4.56. The number of hydrogen-bond acceptors (Lipinski definition) is 4. The minimum absolute atomic E-state index is 0.242. The average molecular weight is 255 g/mol. The Balaban J connectivity index is 2.03. The molecule has 0 bridgehead atoms. The summed E-state index contributed by atoms with van der Waals surface area (Å²) >= 11 is 6.00. The maximum atomic E-state index is 6.00. The molecule has 1 aliphatic rings. The molecule has 1 saturated carbocycles. The van der Waals surface area contributed by atoms with Gasteiger partial charge in [0.05, 0.1) is 6.20 Å². The summed E-state index contributed by atoms with van der Waals surface area (Å²) in [6, 6.07) is 0. The van der Waals surface area contributed by atoms with Crippen molar-refractivity contribution in [1.29, 1.82) is 0 Å². The quantitative estimate of drug-likeness (QED) is 0.871. The fourth-order valence-corrected chi connectivity index (χ4v) is 2.70. The normalized spacial score (nSPS) is 21.2. The van der Waals surface area contributed by atoms with Crippen molar-refractivity contribution in [2.24, 2.45) is 16.7 Å². The zero-order valence-electron chi connectivity index (χ0n) is 10.7. The third kappa shape index (κ3) is 1.95. The number of rotatable bonds is 3. The Labute approximate surface area is 107 Å². The Morgan fingerprint density at radius 3 is 2.47 bits per heavy atom. The molecule has 0 atom stereocenters. The molecule has 94 valence electrons. The molecule has 3 N–H and O–H groups in total. The van der Waals surface area contributed by atoms with Crippen LogP contribution >= 0.6 is 11.6 Å². The fourth-order valence-electron chi connectivity index (χ4n) is 2.55. The van der Waals surface area contributed by atoms with Crippen LogP contribution in [-0.2, 0) is 0 Å². The van der Waals surface area contributed by atoms with Crippen molar-refractivity contribution < 1.29 is 0 Å². The molecule has 2 rings (SSSR count). The molecule has 5 heteroatoms. The maximum absolute atomic E-state index is 6.00. The van der Waals surface area contributed by atoms with Gasteiger partial charge in [0.15, 0.2) is 0 Å². The molecule has 0 amide bonds. The molecule has 1 aliphatic carbocycles. The van der Waals surface area contributed by atoms with Crippen LogP contribution < -0.4 is 11.1 Å². The van der Waals surface area contributed by atoms with E-state index in [0.29, 0.717) is 27.6 Å². The molecule has 0 unspecified atom stereocenters. The molecule has 0 saturated heterocycles. The summed E-state index contributed by atoms with van der Waals surface area (Å²) in [7, 11) is 0. The third-order valence-corrected chi connectivity index (χ3v) is 4.83. The molecule has 0 aromatic carbocycles. The SMILES string of the molecule is CC1(C)C(CNc2nc(N)ncc2Cl)C1(C)C. The van der Waals surface area contributed by atoms with Crippen molar-refractivity contribution in [3.63, 3.8) is 0 Å². The van der Waals surface area contributed by atoms with Crippen molar-refractivity contribution in [2.45, 2.75) is 27.7 Å². The topological polar surface area (TPSA) is 63.8 Å². The number of halogens is 1. The van der Waals surface area contributed by atoms with E-state index in [2.05, 4.69) is 43.0 Å². The van der Waals surface area contributed by atoms with Gasteiger partial charge in [0, 0.05) is 6.54 Å². The van der Waals surface area contributed by atoms with E-state index in [4.69, 9.17) is 17.3 Å². The summed E-state index contributed by atoms with van der Waals surface area (Å²) in [6.45, 7) is 10.0. The lowest BCUT2D eigenvalue weighted by molar-refractivity contribution is 0.457. The Bertz CT molecular complexity index is 428. The fraction of sp³-hybridized carbons (Fsp3) is 0.667. The largest absolute Gasteiger partial charge is 0.368 e. The number of hydrogen-bond donors (Lipinski definition) is 2. The first kappa shape index (κ1) is 12.4. The Morgan fingerprint density at radius 1 is 1.35 bits per heavy atom. The molecule has 0 radical (unpaired) electrons. The monoisotopic (exact) mass is 254 g/mol. The molecule has 0 spiro atoms. The Morgan fingerprint density at radius 2 is 1.94 bits per heavy atom. The van der Waals surface area contributed by atoms with Crippen molar-refractivity contribution >= 4 is 23.4 Å². The van der Waals surface area contributed by atoms with Crippen LogP contribution in [0.15, 0.2) is 6.20 Å². The maximum Gasteiger partial charge on any atom is 0.222 e. The van der Waals surface area contributed by atoms with E-state index in [0.717, 1.165) is 6.54 Å². The molecule has 17 heavy (non-hydrogen) atoms. The van der Waals surface area contributed by atoms with Gasteiger partial charge in [0.2, 0.25) is 5.95 Å². The molecule has 1 heterocycles. The van der Waals surface area contributed by atoms with Crippen LogP contribution in [0.25, 0.3) is 0 Å². The van der Waals surface area contributed by atoms with Crippen molar-refractivity contribution in [1.82, 2.24) is 9.97 Å². The van der Waals surface area contributed by atoms with E-state index in [1.807, 2.05) is 0 Å². The number of anilines is 2. The van der Waals surface area contributed by atoms with Gasteiger partial charge in [0.25, 0.3) is 0 Å². The minimum atomic E-state index is 0.242. The van der Waals surface area contributed by atoms with E-state index in [-0.39, 0.29) is 5.95 Å². The predicted molar refractivity (Wildman–Crippen MR) is 71.0 cm³/mol. The van der Waals surface area contributed by atoms with E-state index < -0.39 is 0 Å². The highest BCUT2D eigenvalue weighted by Crippen LogP contribution is 2.68. The number of nitrogens with one attached hydrogen (secondary N) is 1. The second-order valence-electron chi connectivity index (χ2n) is 5.80. The van der Waals surface area contributed by atoms with E-state index in [9.17, 15) is 0 Å². The minimum Gasteiger partial charge on any atom is -0.368 e. The summed E-state index contributed by atoms with van der Waals surface area (Å²) in [5, 5.41) is 3.77. The van der Waals surface area contributed by atoms with Crippen LogP contribution in [0.3, 0.4) is 0 Å². The second-order valence-corrected chi connectivity index (χ2v) is 6.21. The zero-order chi connectivity index (χ0) is 12.8. The van der Waals surface area contributed by atoms with Crippen LogP contribution in [0.2, 0.25) is 5.02 Å². The second kappa shape index (κ2) is 3.73. The lowest BCUT2D eigenvalue weighted by Gasteiger charge is -2.08. The summed E-state index contributed by atoms with van der Waals surface area (Å²) in [5.41, 5.74) is 6.24. The highest BCUT2D eigenvalue weighted by molar-refractivity contribution is 6.32.